The van der Waals surface area contributed by atoms with Crippen LogP contribution in [0.1, 0.15) is 36.1 Å². The molecule has 1 saturated carbocycles. The van der Waals surface area contributed by atoms with Crippen LogP contribution in [0.2, 0.25) is 0 Å². The summed E-state index contributed by atoms with van der Waals surface area (Å²) < 4.78 is 24.9. The Hall–Kier alpha value is -0.130. The smallest absolute Gasteiger partial charge is 0.141 e. The molecule has 1 aromatic carbocycles. The first kappa shape index (κ1) is 15.3. The SMILES string of the molecule is COc1cc(F)c(Br)cc1C(Br)CC1(OC)CCC1. The first-order valence-electron chi connectivity index (χ1n) is 6.23. The van der Waals surface area contributed by atoms with E-state index in [-0.39, 0.29) is 16.2 Å². The van der Waals surface area contributed by atoms with Gasteiger partial charge in [0.15, 0.2) is 0 Å². The Morgan fingerprint density at radius 1 is 1.37 bits per heavy atom. The summed E-state index contributed by atoms with van der Waals surface area (Å²) in [6, 6.07) is 3.18. The van der Waals surface area contributed by atoms with Gasteiger partial charge in [-0.1, -0.05) is 15.9 Å². The highest BCUT2D eigenvalue weighted by atomic mass is 79.9. The number of ether oxygens (including phenoxy) is 2. The Bertz CT molecular complexity index is 455. The number of rotatable bonds is 5. The average Bonchev–Trinajstić information content (AvgIpc) is 2.36. The second-order valence-corrected chi connectivity index (χ2v) is 6.88. The van der Waals surface area contributed by atoms with Gasteiger partial charge in [-0.25, -0.2) is 4.39 Å². The highest BCUT2D eigenvalue weighted by molar-refractivity contribution is 9.10. The second kappa shape index (κ2) is 6.10. The van der Waals surface area contributed by atoms with Crippen molar-refractivity contribution < 1.29 is 13.9 Å². The normalized spacial score (nSPS) is 18.8. The number of benzene rings is 1. The summed E-state index contributed by atoms with van der Waals surface area (Å²) in [7, 11) is 3.32. The fraction of sp³-hybridized carbons (Fsp3) is 0.571. The molecule has 1 atom stereocenters. The van der Waals surface area contributed by atoms with E-state index in [1.165, 1.54) is 12.5 Å². The Morgan fingerprint density at radius 3 is 2.53 bits per heavy atom. The van der Waals surface area contributed by atoms with Crippen molar-refractivity contribution in [3.05, 3.63) is 28.0 Å². The molecule has 0 aliphatic heterocycles. The third-order valence-electron chi connectivity index (χ3n) is 3.86. The fourth-order valence-electron chi connectivity index (χ4n) is 2.46. The molecule has 0 radical (unpaired) electrons. The molecule has 2 rings (SSSR count). The van der Waals surface area contributed by atoms with Crippen LogP contribution in [0.4, 0.5) is 4.39 Å². The zero-order chi connectivity index (χ0) is 14.0. The zero-order valence-corrected chi connectivity index (χ0v) is 14.2. The van der Waals surface area contributed by atoms with E-state index in [1.807, 2.05) is 0 Å². The van der Waals surface area contributed by atoms with Crippen LogP contribution in [0.5, 0.6) is 5.75 Å². The van der Waals surface area contributed by atoms with Gasteiger partial charge in [0.05, 0.1) is 17.2 Å². The van der Waals surface area contributed by atoms with Gasteiger partial charge in [0, 0.05) is 23.6 Å². The summed E-state index contributed by atoms with van der Waals surface area (Å²) in [6.07, 6.45) is 4.22. The molecule has 1 aromatic rings. The van der Waals surface area contributed by atoms with Gasteiger partial charge in [0.1, 0.15) is 11.6 Å². The Kier molecular flexibility index (Phi) is 4.90. The molecule has 0 heterocycles. The molecule has 2 nitrogen and oxygen atoms in total. The van der Waals surface area contributed by atoms with Crippen LogP contribution in [0.15, 0.2) is 16.6 Å². The molecule has 0 N–H and O–H groups in total. The summed E-state index contributed by atoms with van der Waals surface area (Å²) in [6.45, 7) is 0. The van der Waals surface area contributed by atoms with Gasteiger partial charge >= 0.3 is 0 Å². The standard InChI is InChI=1S/C14H17Br2FO2/c1-18-13-7-12(17)10(15)6-9(13)11(16)8-14(19-2)4-3-5-14/h6-7,11H,3-5,8H2,1-2H3. The van der Waals surface area contributed by atoms with E-state index >= 15 is 0 Å². The minimum absolute atomic E-state index is 0.0416. The first-order valence-corrected chi connectivity index (χ1v) is 7.94. The van der Waals surface area contributed by atoms with Gasteiger partial charge in [-0.3, -0.25) is 0 Å². The van der Waals surface area contributed by atoms with Crippen LogP contribution in [0, 0.1) is 5.82 Å². The van der Waals surface area contributed by atoms with Crippen LogP contribution in [-0.2, 0) is 4.74 Å². The van der Waals surface area contributed by atoms with Gasteiger partial charge in [0.25, 0.3) is 0 Å². The number of hydrogen-bond acceptors (Lipinski definition) is 2. The molecule has 5 heteroatoms. The van der Waals surface area contributed by atoms with Crippen molar-refractivity contribution in [1.82, 2.24) is 0 Å². The predicted octanol–water partition coefficient (Wildman–Crippen LogP) is 4.99. The maximum atomic E-state index is 13.5. The lowest BCUT2D eigenvalue weighted by Gasteiger charge is -2.42. The summed E-state index contributed by atoms with van der Waals surface area (Å²) in [5, 5.41) is 0. The molecule has 1 fully saturated rings. The maximum absolute atomic E-state index is 13.5. The van der Waals surface area contributed by atoms with Crippen molar-refractivity contribution >= 4 is 31.9 Å². The monoisotopic (exact) mass is 394 g/mol. The minimum Gasteiger partial charge on any atom is -0.496 e. The van der Waals surface area contributed by atoms with E-state index in [2.05, 4.69) is 31.9 Å². The largest absolute Gasteiger partial charge is 0.496 e. The van der Waals surface area contributed by atoms with Crippen molar-refractivity contribution in [2.24, 2.45) is 0 Å². The molecular weight excluding hydrogens is 379 g/mol. The average molecular weight is 396 g/mol. The van der Waals surface area contributed by atoms with Gasteiger partial charge in [-0.05, 0) is 47.7 Å². The summed E-state index contributed by atoms with van der Waals surface area (Å²) in [5.74, 6) is 0.249. The quantitative estimate of drug-likeness (QED) is 0.653. The van der Waals surface area contributed by atoms with Crippen molar-refractivity contribution in [3.63, 3.8) is 0 Å². The molecule has 19 heavy (non-hydrogen) atoms. The van der Waals surface area contributed by atoms with Gasteiger partial charge in [-0.15, -0.1) is 0 Å². The minimum atomic E-state index is -0.314. The fourth-order valence-corrected chi connectivity index (χ4v) is 3.77. The van der Waals surface area contributed by atoms with Crippen molar-refractivity contribution in [2.45, 2.75) is 36.1 Å². The molecule has 106 valence electrons. The molecule has 1 unspecified atom stereocenters. The highest BCUT2D eigenvalue weighted by Gasteiger charge is 2.39. The molecule has 0 spiro atoms. The molecular formula is C14H17Br2FO2. The number of alkyl halides is 1. The highest BCUT2D eigenvalue weighted by Crippen LogP contribution is 2.46. The number of methoxy groups -OCH3 is 2. The first-order chi connectivity index (χ1) is 9.01. The van der Waals surface area contributed by atoms with Crippen molar-refractivity contribution in [1.29, 1.82) is 0 Å². The number of halogens is 3. The third-order valence-corrected chi connectivity index (χ3v) is 5.28. The maximum Gasteiger partial charge on any atom is 0.141 e. The lowest BCUT2D eigenvalue weighted by atomic mass is 9.76. The Morgan fingerprint density at radius 2 is 2.05 bits per heavy atom. The third kappa shape index (κ3) is 3.14. The number of hydrogen-bond donors (Lipinski definition) is 0. The van der Waals surface area contributed by atoms with Gasteiger partial charge in [-0.2, -0.15) is 0 Å². The van der Waals surface area contributed by atoms with Gasteiger partial charge in [0.2, 0.25) is 0 Å². The van der Waals surface area contributed by atoms with Crippen LogP contribution in [0.25, 0.3) is 0 Å². The van der Waals surface area contributed by atoms with E-state index in [1.54, 1.807) is 20.3 Å². The van der Waals surface area contributed by atoms with E-state index < -0.39 is 0 Å². The zero-order valence-electron chi connectivity index (χ0n) is 11.0. The summed E-state index contributed by atoms with van der Waals surface area (Å²) in [4.78, 5) is 0.0830. The molecule has 0 saturated heterocycles. The molecule has 1 aliphatic carbocycles. The van der Waals surface area contributed by atoms with Crippen LogP contribution in [0.3, 0.4) is 0 Å². The van der Waals surface area contributed by atoms with Crippen LogP contribution in [-0.4, -0.2) is 19.8 Å². The van der Waals surface area contributed by atoms with Crippen molar-refractivity contribution in [2.75, 3.05) is 14.2 Å². The van der Waals surface area contributed by atoms with E-state index in [4.69, 9.17) is 9.47 Å². The Labute approximate surface area is 129 Å². The van der Waals surface area contributed by atoms with Crippen LogP contribution < -0.4 is 4.74 Å². The molecule has 0 bridgehead atoms. The van der Waals surface area contributed by atoms with Crippen LogP contribution >= 0.6 is 31.9 Å². The second-order valence-electron chi connectivity index (χ2n) is 4.92. The van der Waals surface area contributed by atoms with E-state index in [0.717, 1.165) is 24.8 Å². The topological polar surface area (TPSA) is 18.5 Å². The van der Waals surface area contributed by atoms with Gasteiger partial charge < -0.3 is 9.47 Å². The van der Waals surface area contributed by atoms with E-state index in [9.17, 15) is 4.39 Å². The molecule has 1 aliphatic rings. The molecule has 0 amide bonds. The predicted molar refractivity (Wildman–Crippen MR) is 80.5 cm³/mol. The van der Waals surface area contributed by atoms with Crippen molar-refractivity contribution in [3.8, 4) is 5.75 Å². The lowest BCUT2D eigenvalue weighted by Crippen LogP contribution is -2.39. The summed E-state index contributed by atoms with van der Waals surface area (Å²) in [5.41, 5.74) is 0.902. The lowest BCUT2D eigenvalue weighted by molar-refractivity contribution is -0.0773. The Balaban J connectivity index is 2.23. The van der Waals surface area contributed by atoms with E-state index in [0.29, 0.717) is 10.2 Å². The summed E-state index contributed by atoms with van der Waals surface area (Å²) >= 11 is 6.91. The molecule has 0 aromatic heterocycles.